The molecule has 1 unspecified atom stereocenters. The minimum absolute atomic E-state index is 0.293. The highest BCUT2D eigenvalue weighted by Gasteiger charge is 2.25. The molecule has 1 saturated carbocycles. The quantitative estimate of drug-likeness (QED) is 0.795. The molecule has 0 spiro atoms. The maximum Gasteiger partial charge on any atom is 0.229 e. The van der Waals surface area contributed by atoms with E-state index in [1.165, 1.54) is 19.3 Å². The van der Waals surface area contributed by atoms with Crippen molar-refractivity contribution in [2.24, 2.45) is 5.73 Å². The van der Waals surface area contributed by atoms with E-state index >= 15 is 0 Å². The Morgan fingerprint density at radius 1 is 1.57 bits per heavy atom. The Morgan fingerprint density at radius 2 is 2.36 bits per heavy atom. The van der Waals surface area contributed by atoms with Crippen LogP contribution in [0.4, 0.5) is 0 Å². The summed E-state index contributed by atoms with van der Waals surface area (Å²) in [6.07, 6.45) is 4.63. The van der Waals surface area contributed by atoms with Gasteiger partial charge in [0.2, 0.25) is 5.89 Å². The van der Waals surface area contributed by atoms with E-state index in [2.05, 4.69) is 17.1 Å². The van der Waals surface area contributed by atoms with Crippen molar-refractivity contribution in [1.29, 1.82) is 0 Å². The van der Waals surface area contributed by atoms with Crippen LogP contribution < -0.4 is 5.73 Å². The topological polar surface area (TPSA) is 64.9 Å². The standard InChI is InChI=1S/C10H17N3O/c1-7(5-6-11)10-12-9(13-14-10)8-3-2-4-8/h7-8H,2-6,11H2,1H3. The smallest absolute Gasteiger partial charge is 0.229 e. The Labute approximate surface area is 83.9 Å². The molecule has 1 aliphatic rings. The number of nitrogens with zero attached hydrogens (tertiary/aromatic N) is 2. The van der Waals surface area contributed by atoms with Gasteiger partial charge in [0, 0.05) is 11.8 Å². The zero-order chi connectivity index (χ0) is 9.97. The molecule has 1 heterocycles. The average molecular weight is 195 g/mol. The lowest BCUT2D eigenvalue weighted by atomic mass is 9.85. The summed E-state index contributed by atoms with van der Waals surface area (Å²) < 4.78 is 5.22. The first kappa shape index (κ1) is 9.65. The highest BCUT2D eigenvalue weighted by atomic mass is 16.5. The zero-order valence-electron chi connectivity index (χ0n) is 8.57. The van der Waals surface area contributed by atoms with Gasteiger partial charge in [0.25, 0.3) is 0 Å². The normalized spacial score (nSPS) is 19.3. The van der Waals surface area contributed by atoms with Crippen LogP contribution in [0.15, 0.2) is 4.52 Å². The molecule has 78 valence electrons. The number of hydrogen-bond donors (Lipinski definition) is 1. The van der Waals surface area contributed by atoms with Gasteiger partial charge in [-0.1, -0.05) is 18.5 Å². The summed E-state index contributed by atoms with van der Waals surface area (Å²) in [6.45, 7) is 2.74. The molecule has 0 bridgehead atoms. The van der Waals surface area contributed by atoms with Gasteiger partial charge in [0.1, 0.15) is 0 Å². The van der Waals surface area contributed by atoms with Crippen LogP contribution in [-0.2, 0) is 0 Å². The summed E-state index contributed by atoms with van der Waals surface area (Å²) in [7, 11) is 0. The van der Waals surface area contributed by atoms with Crippen molar-refractivity contribution in [3.8, 4) is 0 Å². The number of rotatable bonds is 4. The molecule has 1 fully saturated rings. The van der Waals surface area contributed by atoms with Crippen LogP contribution in [0.25, 0.3) is 0 Å². The molecule has 2 rings (SSSR count). The van der Waals surface area contributed by atoms with E-state index in [0.29, 0.717) is 18.4 Å². The van der Waals surface area contributed by atoms with Crippen molar-refractivity contribution in [3.63, 3.8) is 0 Å². The number of nitrogens with two attached hydrogens (primary N) is 1. The predicted molar refractivity (Wildman–Crippen MR) is 53.0 cm³/mol. The first-order chi connectivity index (χ1) is 6.81. The molecule has 14 heavy (non-hydrogen) atoms. The van der Waals surface area contributed by atoms with Crippen LogP contribution in [0, 0.1) is 0 Å². The summed E-state index contributed by atoms with van der Waals surface area (Å²) >= 11 is 0. The first-order valence-electron chi connectivity index (χ1n) is 5.35. The van der Waals surface area contributed by atoms with Gasteiger partial charge in [-0.05, 0) is 25.8 Å². The molecule has 4 heteroatoms. The molecule has 0 aliphatic heterocycles. The van der Waals surface area contributed by atoms with Gasteiger partial charge in [0.15, 0.2) is 5.82 Å². The van der Waals surface area contributed by atoms with Gasteiger partial charge in [-0.3, -0.25) is 0 Å². The van der Waals surface area contributed by atoms with E-state index in [9.17, 15) is 0 Å². The van der Waals surface area contributed by atoms with E-state index < -0.39 is 0 Å². The molecule has 2 N–H and O–H groups in total. The second-order valence-electron chi connectivity index (χ2n) is 4.10. The summed E-state index contributed by atoms with van der Waals surface area (Å²) in [5.74, 6) is 2.49. The fourth-order valence-corrected chi connectivity index (χ4v) is 1.65. The minimum atomic E-state index is 0.293. The van der Waals surface area contributed by atoms with Crippen LogP contribution in [-0.4, -0.2) is 16.7 Å². The molecule has 4 nitrogen and oxygen atoms in total. The van der Waals surface area contributed by atoms with Gasteiger partial charge in [0.05, 0.1) is 0 Å². The summed E-state index contributed by atoms with van der Waals surface area (Å²) in [5.41, 5.74) is 5.48. The summed E-state index contributed by atoms with van der Waals surface area (Å²) in [4.78, 5) is 4.42. The van der Waals surface area contributed by atoms with Crippen LogP contribution >= 0.6 is 0 Å². The van der Waals surface area contributed by atoms with E-state index in [1.54, 1.807) is 0 Å². The molecule has 1 aromatic heterocycles. The molecule has 1 aromatic rings. The summed E-state index contributed by atoms with van der Waals surface area (Å²) in [5, 5.41) is 4.01. The SMILES string of the molecule is CC(CCN)c1nc(C2CCC2)no1. The lowest BCUT2D eigenvalue weighted by molar-refractivity contribution is 0.334. The maximum absolute atomic E-state index is 5.48. The fourth-order valence-electron chi connectivity index (χ4n) is 1.65. The van der Waals surface area contributed by atoms with Crippen molar-refractivity contribution in [2.75, 3.05) is 6.54 Å². The monoisotopic (exact) mass is 195 g/mol. The summed E-state index contributed by atoms with van der Waals surface area (Å²) in [6, 6.07) is 0. The number of aromatic nitrogens is 2. The Kier molecular flexibility index (Phi) is 2.82. The predicted octanol–water partition coefficient (Wildman–Crippen LogP) is 1.79. The minimum Gasteiger partial charge on any atom is -0.339 e. The van der Waals surface area contributed by atoms with Gasteiger partial charge in [-0.25, -0.2) is 0 Å². The Bertz CT molecular complexity index is 293. The molecule has 0 amide bonds. The Hall–Kier alpha value is -0.900. The third-order valence-corrected chi connectivity index (χ3v) is 2.95. The number of hydrogen-bond acceptors (Lipinski definition) is 4. The van der Waals surface area contributed by atoms with Crippen LogP contribution in [0.5, 0.6) is 0 Å². The highest BCUT2D eigenvalue weighted by molar-refractivity contribution is 5.01. The van der Waals surface area contributed by atoms with Crippen molar-refractivity contribution >= 4 is 0 Å². The van der Waals surface area contributed by atoms with E-state index in [4.69, 9.17) is 10.3 Å². The van der Waals surface area contributed by atoms with Crippen molar-refractivity contribution in [3.05, 3.63) is 11.7 Å². The van der Waals surface area contributed by atoms with E-state index in [0.717, 1.165) is 18.1 Å². The fraction of sp³-hybridized carbons (Fsp3) is 0.800. The molecule has 0 saturated heterocycles. The van der Waals surface area contributed by atoms with E-state index in [-0.39, 0.29) is 0 Å². The van der Waals surface area contributed by atoms with E-state index in [1.807, 2.05) is 0 Å². The molecule has 1 atom stereocenters. The van der Waals surface area contributed by atoms with Gasteiger partial charge >= 0.3 is 0 Å². The Morgan fingerprint density at radius 3 is 2.93 bits per heavy atom. The molecular formula is C10H17N3O. The lowest BCUT2D eigenvalue weighted by Crippen LogP contribution is -2.10. The van der Waals surface area contributed by atoms with Gasteiger partial charge < -0.3 is 10.3 Å². The second kappa shape index (κ2) is 4.09. The second-order valence-corrected chi connectivity index (χ2v) is 4.10. The van der Waals surface area contributed by atoms with Gasteiger partial charge in [-0.15, -0.1) is 0 Å². The van der Waals surface area contributed by atoms with Crippen LogP contribution in [0.2, 0.25) is 0 Å². The molecule has 0 radical (unpaired) electrons. The van der Waals surface area contributed by atoms with Crippen molar-refractivity contribution in [2.45, 2.75) is 44.4 Å². The molecule has 0 aromatic carbocycles. The zero-order valence-corrected chi connectivity index (χ0v) is 8.57. The molecule has 1 aliphatic carbocycles. The first-order valence-corrected chi connectivity index (χ1v) is 5.35. The van der Waals surface area contributed by atoms with Crippen LogP contribution in [0.3, 0.4) is 0 Å². The average Bonchev–Trinajstić information content (AvgIpc) is 2.50. The largest absolute Gasteiger partial charge is 0.339 e. The Balaban J connectivity index is 2.01. The van der Waals surface area contributed by atoms with Crippen molar-refractivity contribution in [1.82, 2.24) is 10.1 Å². The van der Waals surface area contributed by atoms with Crippen molar-refractivity contribution < 1.29 is 4.52 Å². The van der Waals surface area contributed by atoms with Crippen LogP contribution in [0.1, 0.15) is 56.2 Å². The molecular weight excluding hydrogens is 178 g/mol. The van der Waals surface area contributed by atoms with Gasteiger partial charge in [-0.2, -0.15) is 4.98 Å². The third kappa shape index (κ3) is 1.80. The maximum atomic E-state index is 5.48. The lowest BCUT2D eigenvalue weighted by Gasteiger charge is -2.21. The highest BCUT2D eigenvalue weighted by Crippen LogP contribution is 2.35. The third-order valence-electron chi connectivity index (χ3n) is 2.95.